The maximum absolute atomic E-state index is 10.8. The van der Waals surface area contributed by atoms with Crippen LogP contribution in [-0.2, 0) is 14.3 Å². The fraction of sp³-hybridized carbons (Fsp3) is 0.364. The Morgan fingerprint density at radius 3 is 2.50 bits per heavy atom. The first-order valence-electron chi connectivity index (χ1n) is 4.45. The maximum Gasteiger partial charge on any atom is 0.303 e. The number of methoxy groups -OCH3 is 1. The van der Waals surface area contributed by atoms with Crippen molar-refractivity contribution < 1.29 is 14.3 Å². The average Bonchev–Trinajstić information content (AvgIpc) is 2.18. The van der Waals surface area contributed by atoms with E-state index in [9.17, 15) is 4.79 Å². The lowest BCUT2D eigenvalue weighted by Crippen LogP contribution is -2.13. The molecule has 0 N–H and O–H groups in total. The van der Waals surface area contributed by atoms with Crippen LogP contribution in [0.15, 0.2) is 30.3 Å². The summed E-state index contributed by atoms with van der Waals surface area (Å²) in [6.45, 7) is 1.77. The smallest absolute Gasteiger partial charge is 0.303 e. The van der Waals surface area contributed by atoms with Gasteiger partial charge in [-0.3, -0.25) is 4.79 Å². The predicted molar refractivity (Wildman–Crippen MR) is 52.8 cm³/mol. The molecule has 3 heteroatoms. The molecule has 0 saturated carbocycles. The van der Waals surface area contributed by atoms with Gasteiger partial charge in [-0.15, -0.1) is 0 Å². The number of hydrogen-bond acceptors (Lipinski definition) is 3. The minimum atomic E-state index is -0.307. The summed E-state index contributed by atoms with van der Waals surface area (Å²) >= 11 is 0. The van der Waals surface area contributed by atoms with Gasteiger partial charge >= 0.3 is 5.97 Å². The van der Waals surface area contributed by atoms with Crippen LogP contribution in [0.2, 0.25) is 0 Å². The summed E-state index contributed by atoms with van der Waals surface area (Å²) in [6.07, 6.45) is -0.307. The van der Waals surface area contributed by atoms with E-state index in [0.717, 1.165) is 5.56 Å². The summed E-state index contributed by atoms with van der Waals surface area (Å²) in [5, 5.41) is 0. The minimum absolute atomic E-state index is 0.295. The van der Waals surface area contributed by atoms with Crippen molar-refractivity contribution in [3.05, 3.63) is 35.9 Å². The van der Waals surface area contributed by atoms with Crippen molar-refractivity contribution in [1.29, 1.82) is 0 Å². The van der Waals surface area contributed by atoms with Crippen molar-refractivity contribution in [2.75, 3.05) is 13.7 Å². The Labute approximate surface area is 83.6 Å². The molecule has 14 heavy (non-hydrogen) atoms. The molecule has 0 bridgehead atoms. The van der Waals surface area contributed by atoms with Crippen LogP contribution in [0.1, 0.15) is 18.6 Å². The van der Waals surface area contributed by atoms with Crippen LogP contribution in [0.3, 0.4) is 0 Å². The van der Waals surface area contributed by atoms with Crippen LogP contribution < -0.4 is 0 Å². The van der Waals surface area contributed by atoms with Crippen LogP contribution in [0.5, 0.6) is 0 Å². The van der Waals surface area contributed by atoms with Crippen molar-refractivity contribution in [3.8, 4) is 0 Å². The zero-order valence-corrected chi connectivity index (χ0v) is 8.40. The third kappa shape index (κ3) is 3.18. The van der Waals surface area contributed by atoms with E-state index in [0.29, 0.717) is 6.61 Å². The maximum atomic E-state index is 10.8. The monoisotopic (exact) mass is 194 g/mol. The van der Waals surface area contributed by atoms with Crippen LogP contribution in [0, 0.1) is 0 Å². The molecular weight excluding hydrogens is 180 g/mol. The molecule has 0 fully saturated rings. The topological polar surface area (TPSA) is 35.5 Å². The van der Waals surface area contributed by atoms with E-state index in [1.807, 2.05) is 30.3 Å². The van der Waals surface area contributed by atoms with Crippen molar-refractivity contribution in [2.24, 2.45) is 0 Å². The fourth-order valence-electron chi connectivity index (χ4n) is 1.22. The molecular formula is C11H14O3. The Hall–Kier alpha value is -1.35. The van der Waals surface area contributed by atoms with E-state index in [4.69, 9.17) is 9.47 Å². The number of carbonyl (C=O) groups excluding carboxylic acids is 1. The van der Waals surface area contributed by atoms with Gasteiger partial charge in [0, 0.05) is 14.0 Å². The van der Waals surface area contributed by atoms with Gasteiger partial charge in [0.05, 0.1) is 6.61 Å². The van der Waals surface area contributed by atoms with Crippen molar-refractivity contribution in [3.63, 3.8) is 0 Å². The van der Waals surface area contributed by atoms with E-state index in [1.54, 1.807) is 7.11 Å². The Morgan fingerprint density at radius 1 is 1.36 bits per heavy atom. The molecule has 0 amide bonds. The summed E-state index contributed by atoms with van der Waals surface area (Å²) < 4.78 is 10.1. The number of benzene rings is 1. The van der Waals surface area contributed by atoms with Gasteiger partial charge in [0.25, 0.3) is 0 Å². The Kier molecular flexibility index (Phi) is 4.13. The number of esters is 1. The quantitative estimate of drug-likeness (QED) is 0.687. The molecule has 0 aromatic heterocycles. The third-order valence-corrected chi connectivity index (χ3v) is 1.80. The highest BCUT2D eigenvalue weighted by atomic mass is 16.6. The Morgan fingerprint density at radius 2 is 2.00 bits per heavy atom. The number of rotatable bonds is 4. The summed E-state index contributed by atoms with van der Waals surface area (Å²) in [5.74, 6) is -0.295. The molecule has 1 rings (SSSR count). The largest absolute Gasteiger partial charge is 0.455 e. The molecule has 0 saturated heterocycles. The van der Waals surface area contributed by atoms with Gasteiger partial charge in [-0.1, -0.05) is 30.3 Å². The first-order valence-corrected chi connectivity index (χ1v) is 4.45. The lowest BCUT2D eigenvalue weighted by Gasteiger charge is -2.16. The molecule has 1 atom stereocenters. The van der Waals surface area contributed by atoms with Crippen LogP contribution in [0.25, 0.3) is 0 Å². The number of ether oxygens (including phenoxy) is 2. The molecule has 0 radical (unpaired) electrons. The molecule has 0 unspecified atom stereocenters. The lowest BCUT2D eigenvalue weighted by molar-refractivity contribution is -0.149. The highest BCUT2D eigenvalue weighted by molar-refractivity contribution is 5.66. The zero-order chi connectivity index (χ0) is 10.4. The number of hydrogen-bond donors (Lipinski definition) is 0. The lowest BCUT2D eigenvalue weighted by atomic mass is 10.1. The van der Waals surface area contributed by atoms with Crippen molar-refractivity contribution in [2.45, 2.75) is 13.0 Å². The van der Waals surface area contributed by atoms with Gasteiger partial charge in [-0.05, 0) is 5.56 Å². The van der Waals surface area contributed by atoms with Gasteiger partial charge in [0.1, 0.15) is 0 Å². The van der Waals surface area contributed by atoms with Crippen LogP contribution in [-0.4, -0.2) is 19.7 Å². The van der Waals surface area contributed by atoms with Crippen LogP contribution in [0.4, 0.5) is 0 Å². The SMILES string of the molecule is COC[C@@H](OC(C)=O)c1ccccc1. The molecule has 1 aromatic rings. The first-order chi connectivity index (χ1) is 6.74. The highest BCUT2D eigenvalue weighted by Crippen LogP contribution is 2.17. The minimum Gasteiger partial charge on any atom is -0.455 e. The first kappa shape index (κ1) is 10.7. The van der Waals surface area contributed by atoms with Gasteiger partial charge in [-0.25, -0.2) is 0 Å². The van der Waals surface area contributed by atoms with E-state index < -0.39 is 0 Å². The normalized spacial score (nSPS) is 12.1. The predicted octanol–water partition coefficient (Wildman–Crippen LogP) is 1.94. The van der Waals surface area contributed by atoms with Gasteiger partial charge < -0.3 is 9.47 Å². The second-order valence-corrected chi connectivity index (χ2v) is 2.96. The van der Waals surface area contributed by atoms with E-state index in [1.165, 1.54) is 6.92 Å². The molecule has 0 aliphatic rings. The molecule has 76 valence electrons. The molecule has 1 aromatic carbocycles. The van der Waals surface area contributed by atoms with E-state index in [2.05, 4.69) is 0 Å². The van der Waals surface area contributed by atoms with Crippen molar-refractivity contribution in [1.82, 2.24) is 0 Å². The Balaban J connectivity index is 2.72. The fourth-order valence-corrected chi connectivity index (χ4v) is 1.22. The summed E-state index contributed by atoms with van der Waals surface area (Å²) in [7, 11) is 1.58. The molecule has 3 nitrogen and oxygen atoms in total. The summed E-state index contributed by atoms with van der Waals surface area (Å²) in [5.41, 5.74) is 0.949. The van der Waals surface area contributed by atoms with Crippen LogP contribution >= 0.6 is 0 Å². The third-order valence-electron chi connectivity index (χ3n) is 1.80. The molecule has 0 heterocycles. The van der Waals surface area contributed by atoms with Gasteiger partial charge in [-0.2, -0.15) is 0 Å². The summed E-state index contributed by atoms with van der Waals surface area (Å²) in [4.78, 5) is 10.8. The average molecular weight is 194 g/mol. The van der Waals surface area contributed by atoms with E-state index in [-0.39, 0.29) is 12.1 Å². The zero-order valence-electron chi connectivity index (χ0n) is 8.40. The van der Waals surface area contributed by atoms with E-state index >= 15 is 0 Å². The number of carbonyl (C=O) groups is 1. The summed E-state index contributed by atoms with van der Waals surface area (Å²) in [6, 6.07) is 9.55. The molecule has 0 aliphatic heterocycles. The van der Waals surface area contributed by atoms with Crippen molar-refractivity contribution >= 4 is 5.97 Å². The Bertz CT molecular complexity index is 282. The second-order valence-electron chi connectivity index (χ2n) is 2.96. The molecule has 0 aliphatic carbocycles. The molecule has 0 spiro atoms. The van der Waals surface area contributed by atoms with Gasteiger partial charge in [0.2, 0.25) is 0 Å². The highest BCUT2D eigenvalue weighted by Gasteiger charge is 2.13. The second kappa shape index (κ2) is 5.40. The van der Waals surface area contributed by atoms with Gasteiger partial charge in [0.15, 0.2) is 6.10 Å². The standard InChI is InChI=1S/C11H14O3/c1-9(12)14-11(8-13-2)10-6-4-3-5-7-10/h3-7,11H,8H2,1-2H3/t11-/m1/s1.